The van der Waals surface area contributed by atoms with Crippen molar-refractivity contribution >= 4 is 18.0 Å². The molecule has 0 spiro atoms. The summed E-state index contributed by atoms with van der Waals surface area (Å²) in [4.78, 5) is 31.9. The van der Waals surface area contributed by atoms with Gasteiger partial charge in [0.05, 0.1) is 5.60 Å². The van der Waals surface area contributed by atoms with Crippen LogP contribution >= 0.6 is 0 Å². The van der Waals surface area contributed by atoms with E-state index in [0.717, 1.165) is 0 Å². The largest absolute Gasteiger partial charge is 0.471 e. The highest BCUT2D eigenvalue weighted by Gasteiger charge is 2.39. The minimum atomic E-state index is -5.02. The van der Waals surface area contributed by atoms with Gasteiger partial charge in [0.1, 0.15) is 5.60 Å². The number of amides is 2. The normalized spacial score (nSPS) is 13.0. The molecule has 0 radical (unpaired) electrons. The number of alkyl carbamates (subject to hydrolysis) is 1. The summed E-state index contributed by atoms with van der Waals surface area (Å²) in [5.74, 6) is -2.40. The molecule has 4 N–H and O–H groups in total. The molecule has 30 heavy (non-hydrogen) atoms. The molecule has 0 bridgehead atoms. The van der Waals surface area contributed by atoms with Gasteiger partial charge in [0.15, 0.2) is 5.96 Å². The zero-order chi connectivity index (χ0) is 23.4. The van der Waals surface area contributed by atoms with Crippen LogP contribution in [0.25, 0.3) is 0 Å². The monoisotopic (exact) mass is 441 g/mol. The third-order valence-electron chi connectivity index (χ3n) is 2.89. The van der Waals surface area contributed by atoms with Crippen LogP contribution in [0.3, 0.4) is 0 Å². The standard InChI is InChI=1S/C18H34F3N5O4/c1-16(2,3)29-15(28)24-11-7-9-22-14(26-13(27)18(19,20)21)23-10-8-12-25-30-17(4,5)6/h25H,7-12H2,1-6H3,(H,24,28)(H2,22,23,26,27). The molecule has 12 heteroatoms. The number of hydrogen-bond donors (Lipinski definition) is 4. The van der Waals surface area contributed by atoms with E-state index < -0.39 is 23.8 Å². The Kier molecular flexibility index (Phi) is 11.7. The second-order valence-electron chi connectivity index (χ2n) is 8.35. The van der Waals surface area contributed by atoms with Crippen molar-refractivity contribution in [1.82, 2.24) is 21.4 Å². The summed E-state index contributed by atoms with van der Waals surface area (Å²) < 4.78 is 42.5. The van der Waals surface area contributed by atoms with Crippen LogP contribution < -0.4 is 21.4 Å². The molecule has 9 nitrogen and oxygen atoms in total. The first-order valence-corrected chi connectivity index (χ1v) is 9.64. The number of carbonyl (C=O) groups is 2. The molecule has 0 aromatic heterocycles. The molecular formula is C18H34F3N5O4. The third-order valence-corrected chi connectivity index (χ3v) is 2.89. The summed E-state index contributed by atoms with van der Waals surface area (Å²) in [6.07, 6.45) is -4.77. The molecule has 0 fully saturated rings. The Hall–Kier alpha value is -2.08. The van der Waals surface area contributed by atoms with Crippen LogP contribution in [-0.4, -0.2) is 61.5 Å². The smallest absolute Gasteiger partial charge is 0.444 e. The van der Waals surface area contributed by atoms with E-state index in [0.29, 0.717) is 19.4 Å². The fourth-order valence-electron chi connectivity index (χ4n) is 1.73. The Morgan fingerprint density at radius 1 is 0.867 bits per heavy atom. The maximum atomic E-state index is 12.5. The molecule has 0 atom stereocenters. The van der Waals surface area contributed by atoms with Gasteiger partial charge in [0, 0.05) is 26.2 Å². The van der Waals surface area contributed by atoms with Gasteiger partial charge in [0.2, 0.25) is 0 Å². The van der Waals surface area contributed by atoms with Gasteiger partial charge in [-0.05, 0) is 54.4 Å². The van der Waals surface area contributed by atoms with Crippen LogP contribution in [0.4, 0.5) is 18.0 Å². The number of halogens is 3. The van der Waals surface area contributed by atoms with Crippen LogP contribution in [0.2, 0.25) is 0 Å². The van der Waals surface area contributed by atoms with Gasteiger partial charge in [0.25, 0.3) is 0 Å². The van der Waals surface area contributed by atoms with Gasteiger partial charge in [-0.15, -0.1) is 0 Å². The topological polar surface area (TPSA) is 113 Å². The molecule has 0 rings (SSSR count). The lowest BCUT2D eigenvalue weighted by Crippen LogP contribution is -2.47. The Morgan fingerprint density at radius 2 is 1.47 bits per heavy atom. The van der Waals surface area contributed by atoms with Gasteiger partial charge < -0.3 is 15.4 Å². The minimum absolute atomic E-state index is 0.0850. The molecule has 0 unspecified atom stereocenters. The number of aliphatic imine (C=N–C) groups is 1. The molecule has 0 aromatic carbocycles. The molecule has 0 aliphatic rings. The number of ether oxygens (including phenoxy) is 1. The van der Waals surface area contributed by atoms with Crippen LogP contribution in [0.5, 0.6) is 0 Å². The van der Waals surface area contributed by atoms with Crippen LogP contribution in [0.1, 0.15) is 54.4 Å². The lowest BCUT2D eigenvalue weighted by molar-refractivity contribution is -0.171. The predicted molar refractivity (Wildman–Crippen MR) is 107 cm³/mol. The quantitative estimate of drug-likeness (QED) is 0.189. The summed E-state index contributed by atoms with van der Waals surface area (Å²) in [6, 6.07) is 0. The second kappa shape index (κ2) is 12.6. The zero-order valence-corrected chi connectivity index (χ0v) is 18.5. The van der Waals surface area contributed by atoms with E-state index in [-0.39, 0.29) is 31.2 Å². The molecule has 0 aliphatic carbocycles. The van der Waals surface area contributed by atoms with Gasteiger partial charge in [-0.25, -0.2) is 10.3 Å². The van der Waals surface area contributed by atoms with Crippen molar-refractivity contribution in [2.75, 3.05) is 26.2 Å². The molecule has 0 saturated carbocycles. The lowest BCUT2D eigenvalue weighted by Gasteiger charge is -2.19. The molecule has 176 valence electrons. The van der Waals surface area contributed by atoms with E-state index >= 15 is 0 Å². The number of alkyl halides is 3. The van der Waals surface area contributed by atoms with E-state index in [1.807, 2.05) is 20.8 Å². The Bertz CT molecular complexity index is 570. The van der Waals surface area contributed by atoms with Crippen molar-refractivity contribution in [3.63, 3.8) is 0 Å². The number of nitrogens with one attached hydrogen (secondary N) is 4. The summed E-state index contributed by atoms with van der Waals surface area (Å²) >= 11 is 0. The molecule has 0 heterocycles. The maximum absolute atomic E-state index is 12.5. The van der Waals surface area contributed by atoms with Crippen molar-refractivity contribution in [3.05, 3.63) is 0 Å². The maximum Gasteiger partial charge on any atom is 0.471 e. The highest BCUT2D eigenvalue weighted by Crippen LogP contribution is 2.13. The van der Waals surface area contributed by atoms with Gasteiger partial charge in [-0.2, -0.15) is 13.2 Å². The SMILES string of the molecule is CC(C)(C)ONCCCNC(=NCCCNC(=O)OC(C)(C)C)NC(=O)C(F)(F)F. The van der Waals surface area contributed by atoms with Crippen molar-refractivity contribution in [2.45, 2.75) is 71.8 Å². The number of hydrogen-bond acceptors (Lipinski definition) is 6. The van der Waals surface area contributed by atoms with Crippen molar-refractivity contribution in [1.29, 1.82) is 0 Å². The van der Waals surface area contributed by atoms with Crippen molar-refractivity contribution < 1.29 is 32.3 Å². The number of nitrogens with zero attached hydrogens (tertiary/aromatic N) is 1. The predicted octanol–water partition coefficient (Wildman–Crippen LogP) is 2.24. The van der Waals surface area contributed by atoms with Crippen LogP contribution in [-0.2, 0) is 14.4 Å². The molecule has 2 amide bonds. The van der Waals surface area contributed by atoms with E-state index in [1.165, 1.54) is 0 Å². The summed E-state index contributed by atoms with van der Waals surface area (Å²) in [5, 5.41) is 6.89. The Balaban J connectivity index is 4.45. The molecule has 0 saturated heterocycles. The molecular weight excluding hydrogens is 407 g/mol. The van der Waals surface area contributed by atoms with E-state index in [9.17, 15) is 22.8 Å². The average molecular weight is 441 g/mol. The molecule has 0 aliphatic heterocycles. The first kappa shape index (κ1) is 27.9. The summed E-state index contributed by atoms with van der Waals surface area (Å²) in [5.41, 5.74) is 1.75. The van der Waals surface area contributed by atoms with Crippen molar-refractivity contribution in [2.24, 2.45) is 4.99 Å². The number of rotatable bonds is 9. The fourth-order valence-corrected chi connectivity index (χ4v) is 1.73. The lowest BCUT2D eigenvalue weighted by atomic mass is 10.2. The number of guanidine groups is 1. The zero-order valence-electron chi connectivity index (χ0n) is 18.5. The highest BCUT2D eigenvalue weighted by molar-refractivity contribution is 5.99. The first-order valence-electron chi connectivity index (χ1n) is 9.64. The van der Waals surface area contributed by atoms with Gasteiger partial charge in [-0.1, -0.05) is 0 Å². The van der Waals surface area contributed by atoms with Gasteiger partial charge >= 0.3 is 18.2 Å². The Morgan fingerprint density at radius 3 is 2.00 bits per heavy atom. The average Bonchev–Trinajstić information content (AvgIpc) is 2.53. The summed E-state index contributed by atoms with van der Waals surface area (Å²) in [7, 11) is 0. The molecule has 0 aromatic rings. The minimum Gasteiger partial charge on any atom is -0.444 e. The summed E-state index contributed by atoms with van der Waals surface area (Å²) in [6.45, 7) is 11.8. The number of hydroxylamine groups is 1. The van der Waals surface area contributed by atoms with E-state index in [2.05, 4.69) is 21.1 Å². The fraction of sp³-hybridized carbons (Fsp3) is 0.833. The van der Waals surface area contributed by atoms with E-state index in [4.69, 9.17) is 9.57 Å². The third kappa shape index (κ3) is 16.8. The second-order valence-corrected chi connectivity index (χ2v) is 8.35. The van der Waals surface area contributed by atoms with E-state index in [1.54, 1.807) is 26.1 Å². The van der Waals surface area contributed by atoms with Crippen LogP contribution in [0, 0.1) is 0 Å². The number of carbonyl (C=O) groups excluding carboxylic acids is 2. The van der Waals surface area contributed by atoms with Gasteiger partial charge in [-0.3, -0.25) is 19.9 Å². The van der Waals surface area contributed by atoms with Crippen LogP contribution in [0.15, 0.2) is 4.99 Å². The highest BCUT2D eigenvalue weighted by atomic mass is 19.4. The first-order chi connectivity index (χ1) is 13.6. The van der Waals surface area contributed by atoms with Crippen molar-refractivity contribution in [3.8, 4) is 0 Å². The Labute approximate surface area is 175 Å².